The molecule has 0 unspecified atom stereocenters. The highest BCUT2D eigenvalue weighted by Crippen LogP contribution is 2.14. The van der Waals surface area contributed by atoms with Crippen LogP contribution < -0.4 is 5.32 Å². The number of aliphatic carboxylic acids is 1. The van der Waals surface area contributed by atoms with Crippen LogP contribution >= 0.6 is 0 Å². The van der Waals surface area contributed by atoms with Gasteiger partial charge in [0, 0.05) is 57.9 Å². The molecule has 0 spiro atoms. The molecule has 0 aliphatic carbocycles. The van der Waals surface area contributed by atoms with Crippen LogP contribution in [-0.2, 0) is 14.3 Å². The summed E-state index contributed by atoms with van der Waals surface area (Å²) in [6, 6.07) is 5.90. The van der Waals surface area contributed by atoms with Gasteiger partial charge in [-0.15, -0.1) is 0 Å². The summed E-state index contributed by atoms with van der Waals surface area (Å²) >= 11 is 0. The van der Waals surface area contributed by atoms with Crippen LogP contribution in [0.1, 0.15) is 48.2 Å². The standard InChI is InChI=1S/C22H35N3O3.C2HF3O2/c1-17(2)28-13-5-9-25(10-6-21(26)24-11-7-23-8-12-24)22(27)20-15-18(3)14-19(4)16-20;3-2(4,5)1(6)7/h14-17,23H,5-13H2,1-4H3;(H,6,7). The number of ether oxygens (including phenoxy) is 1. The number of nitrogens with one attached hydrogen (secondary N) is 1. The van der Waals surface area contributed by atoms with Crippen molar-refractivity contribution in [3.05, 3.63) is 34.9 Å². The number of nitrogens with zero attached hydrogens (tertiary/aromatic N) is 2. The molecule has 198 valence electrons. The number of amides is 2. The highest BCUT2D eigenvalue weighted by molar-refractivity contribution is 5.95. The van der Waals surface area contributed by atoms with Gasteiger partial charge in [0.05, 0.1) is 6.10 Å². The van der Waals surface area contributed by atoms with Gasteiger partial charge in [-0.1, -0.05) is 17.2 Å². The monoisotopic (exact) mass is 503 g/mol. The molecule has 35 heavy (non-hydrogen) atoms. The molecule has 1 aromatic rings. The molecular formula is C24H36F3N3O5. The lowest BCUT2D eigenvalue weighted by Gasteiger charge is -2.29. The number of rotatable bonds is 9. The zero-order valence-electron chi connectivity index (χ0n) is 20.8. The Labute approximate surface area is 204 Å². The van der Waals surface area contributed by atoms with E-state index in [4.69, 9.17) is 14.6 Å². The number of carboxylic acid groups (broad SMARTS) is 1. The summed E-state index contributed by atoms with van der Waals surface area (Å²) in [7, 11) is 0. The summed E-state index contributed by atoms with van der Waals surface area (Å²) < 4.78 is 37.4. The van der Waals surface area contributed by atoms with Crippen LogP contribution in [0, 0.1) is 13.8 Å². The minimum atomic E-state index is -5.08. The number of hydrogen-bond donors (Lipinski definition) is 2. The van der Waals surface area contributed by atoms with E-state index in [1.807, 2.05) is 44.7 Å². The van der Waals surface area contributed by atoms with Crippen molar-refractivity contribution in [1.29, 1.82) is 0 Å². The molecule has 0 bridgehead atoms. The van der Waals surface area contributed by atoms with Gasteiger partial charge in [0.1, 0.15) is 0 Å². The summed E-state index contributed by atoms with van der Waals surface area (Å²) in [5.74, 6) is -2.64. The van der Waals surface area contributed by atoms with E-state index < -0.39 is 12.1 Å². The summed E-state index contributed by atoms with van der Waals surface area (Å²) in [6.45, 7) is 12.8. The predicted octanol–water partition coefficient (Wildman–Crippen LogP) is 3.02. The molecule has 1 aliphatic heterocycles. The van der Waals surface area contributed by atoms with Crippen molar-refractivity contribution in [3.63, 3.8) is 0 Å². The molecule has 1 saturated heterocycles. The van der Waals surface area contributed by atoms with Crippen molar-refractivity contribution < 1.29 is 37.4 Å². The Balaban J connectivity index is 0.000000762. The van der Waals surface area contributed by atoms with Crippen molar-refractivity contribution in [2.24, 2.45) is 0 Å². The molecule has 2 amide bonds. The average molecular weight is 504 g/mol. The van der Waals surface area contributed by atoms with Gasteiger partial charge in [-0.25, -0.2) is 4.79 Å². The molecule has 2 N–H and O–H groups in total. The van der Waals surface area contributed by atoms with Gasteiger partial charge in [0.2, 0.25) is 5.91 Å². The first-order valence-corrected chi connectivity index (χ1v) is 11.6. The van der Waals surface area contributed by atoms with Crippen LogP contribution in [0.2, 0.25) is 0 Å². The number of halogens is 3. The lowest BCUT2D eigenvalue weighted by Crippen LogP contribution is -2.47. The lowest BCUT2D eigenvalue weighted by atomic mass is 10.1. The molecule has 11 heteroatoms. The summed E-state index contributed by atoms with van der Waals surface area (Å²) in [5.41, 5.74) is 2.84. The molecule has 0 radical (unpaired) electrons. The number of alkyl halides is 3. The molecule has 1 fully saturated rings. The van der Waals surface area contributed by atoms with Crippen molar-refractivity contribution in [3.8, 4) is 0 Å². The Kier molecular flexibility index (Phi) is 12.7. The fourth-order valence-electron chi connectivity index (χ4n) is 3.47. The largest absolute Gasteiger partial charge is 0.490 e. The number of piperazine rings is 1. The zero-order valence-corrected chi connectivity index (χ0v) is 20.8. The number of hydrogen-bond acceptors (Lipinski definition) is 5. The maximum absolute atomic E-state index is 13.1. The molecule has 0 saturated carbocycles. The minimum Gasteiger partial charge on any atom is -0.475 e. The van der Waals surface area contributed by atoms with Crippen LogP contribution in [0.5, 0.6) is 0 Å². The van der Waals surface area contributed by atoms with E-state index in [1.54, 1.807) is 4.90 Å². The normalized spacial score (nSPS) is 13.8. The SMILES string of the molecule is Cc1cc(C)cc(C(=O)N(CCCOC(C)C)CCC(=O)N2CCNCC2)c1.O=C(O)C(F)(F)F. The first kappa shape index (κ1) is 30.4. The van der Waals surface area contributed by atoms with Gasteiger partial charge >= 0.3 is 12.1 Å². The Hall–Kier alpha value is -2.66. The van der Waals surface area contributed by atoms with Gasteiger partial charge < -0.3 is 25.0 Å². The molecule has 0 atom stereocenters. The quantitative estimate of drug-likeness (QED) is 0.503. The summed E-state index contributed by atoms with van der Waals surface area (Å²) in [4.78, 5) is 38.2. The van der Waals surface area contributed by atoms with E-state index in [0.717, 1.165) is 43.7 Å². The predicted molar refractivity (Wildman–Crippen MR) is 125 cm³/mol. The molecule has 2 rings (SSSR count). The molecule has 0 aromatic heterocycles. The fourth-order valence-corrected chi connectivity index (χ4v) is 3.47. The topological polar surface area (TPSA) is 99.2 Å². The second-order valence-corrected chi connectivity index (χ2v) is 8.63. The lowest BCUT2D eigenvalue weighted by molar-refractivity contribution is -0.192. The van der Waals surface area contributed by atoms with E-state index in [-0.39, 0.29) is 17.9 Å². The Bertz CT molecular complexity index is 820. The molecule has 1 aliphatic rings. The number of aryl methyl sites for hydroxylation is 2. The van der Waals surface area contributed by atoms with Gasteiger partial charge in [0.15, 0.2) is 0 Å². The summed E-state index contributed by atoms with van der Waals surface area (Å²) in [6.07, 6.45) is -3.78. The maximum atomic E-state index is 13.1. The second-order valence-electron chi connectivity index (χ2n) is 8.63. The maximum Gasteiger partial charge on any atom is 0.490 e. The third-order valence-corrected chi connectivity index (χ3v) is 5.09. The highest BCUT2D eigenvalue weighted by Gasteiger charge is 2.38. The molecule has 1 aromatic carbocycles. The van der Waals surface area contributed by atoms with Crippen LogP contribution in [0.3, 0.4) is 0 Å². The van der Waals surface area contributed by atoms with E-state index in [2.05, 4.69) is 11.4 Å². The Morgan fingerprint density at radius 2 is 1.63 bits per heavy atom. The second kappa shape index (κ2) is 14.7. The Morgan fingerprint density at radius 1 is 1.09 bits per heavy atom. The number of carboxylic acids is 1. The molecule has 8 nitrogen and oxygen atoms in total. The fraction of sp³-hybridized carbons (Fsp3) is 0.625. The van der Waals surface area contributed by atoms with Crippen molar-refractivity contribution >= 4 is 17.8 Å². The first-order valence-electron chi connectivity index (χ1n) is 11.6. The third-order valence-electron chi connectivity index (χ3n) is 5.09. The van der Waals surface area contributed by atoms with E-state index >= 15 is 0 Å². The van der Waals surface area contributed by atoms with Crippen LogP contribution in [0.15, 0.2) is 18.2 Å². The first-order chi connectivity index (χ1) is 16.3. The van der Waals surface area contributed by atoms with E-state index in [9.17, 15) is 22.8 Å². The summed E-state index contributed by atoms with van der Waals surface area (Å²) in [5, 5.41) is 10.4. The molecular weight excluding hydrogens is 467 g/mol. The third kappa shape index (κ3) is 12.0. The smallest absolute Gasteiger partial charge is 0.475 e. The van der Waals surface area contributed by atoms with Gasteiger partial charge in [0.25, 0.3) is 5.91 Å². The van der Waals surface area contributed by atoms with Crippen molar-refractivity contribution in [2.75, 3.05) is 45.9 Å². The van der Waals surface area contributed by atoms with Gasteiger partial charge in [-0.2, -0.15) is 13.2 Å². The minimum absolute atomic E-state index is 0.00976. The van der Waals surface area contributed by atoms with Gasteiger partial charge in [-0.05, 0) is 46.2 Å². The van der Waals surface area contributed by atoms with Crippen LogP contribution in [-0.4, -0.2) is 90.8 Å². The number of carbonyl (C=O) groups excluding carboxylic acids is 2. The molecule has 1 heterocycles. The zero-order chi connectivity index (χ0) is 26.6. The van der Waals surface area contributed by atoms with E-state index in [0.29, 0.717) is 31.7 Å². The number of benzene rings is 1. The van der Waals surface area contributed by atoms with Crippen molar-refractivity contribution in [2.45, 2.75) is 52.8 Å². The average Bonchev–Trinajstić information content (AvgIpc) is 2.77. The highest BCUT2D eigenvalue weighted by atomic mass is 19.4. The van der Waals surface area contributed by atoms with E-state index in [1.165, 1.54) is 0 Å². The van der Waals surface area contributed by atoms with Crippen LogP contribution in [0.4, 0.5) is 13.2 Å². The van der Waals surface area contributed by atoms with Gasteiger partial charge in [-0.3, -0.25) is 9.59 Å². The number of carbonyl (C=O) groups is 3. The Morgan fingerprint density at radius 3 is 2.11 bits per heavy atom. The van der Waals surface area contributed by atoms with Crippen LogP contribution in [0.25, 0.3) is 0 Å². The van der Waals surface area contributed by atoms with Crippen molar-refractivity contribution in [1.82, 2.24) is 15.1 Å².